The lowest BCUT2D eigenvalue weighted by Crippen LogP contribution is -2.23. The molecule has 1 N–H and O–H groups in total. The summed E-state index contributed by atoms with van der Waals surface area (Å²) >= 11 is -1.31. The maximum absolute atomic E-state index is 12.5. The molecule has 8 nitrogen and oxygen atoms in total. The third-order valence-corrected chi connectivity index (χ3v) is 4.44. The van der Waals surface area contributed by atoms with Crippen molar-refractivity contribution >= 4 is 28.8 Å². The van der Waals surface area contributed by atoms with Gasteiger partial charge in [-0.3, -0.25) is 13.9 Å². The van der Waals surface area contributed by atoms with Crippen molar-refractivity contribution in [1.29, 1.82) is 0 Å². The number of hydrogen-bond donors (Lipinski definition) is 1. The molecule has 2 rings (SSSR count). The van der Waals surface area contributed by atoms with Gasteiger partial charge in [-0.15, -0.1) is 21.5 Å². The quantitative estimate of drug-likeness (QED) is 0.392. The van der Waals surface area contributed by atoms with Crippen LogP contribution in [0, 0.1) is 0 Å². The summed E-state index contributed by atoms with van der Waals surface area (Å²) < 4.78 is 52.1. The van der Waals surface area contributed by atoms with Gasteiger partial charge in [0.15, 0.2) is 0 Å². The molecular weight excluding hydrogens is 388 g/mol. The molecule has 0 bridgehead atoms. The zero-order valence-corrected chi connectivity index (χ0v) is 14.8. The van der Waals surface area contributed by atoms with Gasteiger partial charge < -0.3 is 4.42 Å². The molecule has 0 spiro atoms. The van der Waals surface area contributed by atoms with Gasteiger partial charge in [-0.1, -0.05) is 19.2 Å². The fourth-order valence-corrected chi connectivity index (χ4v) is 3.11. The minimum atomic E-state index is -2.87. The van der Waals surface area contributed by atoms with E-state index >= 15 is 0 Å². The van der Waals surface area contributed by atoms with E-state index in [9.17, 15) is 17.5 Å². The molecule has 0 aliphatic rings. The zero-order valence-electron chi connectivity index (χ0n) is 13.2. The van der Waals surface area contributed by atoms with Crippen LogP contribution in [0.25, 0.3) is 10.8 Å². The fraction of sp³-hybridized carbons (Fsp3) is 0.143. The van der Waals surface area contributed by atoms with Crippen LogP contribution >= 0.6 is 11.3 Å². The van der Waals surface area contributed by atoms with E-state index in [2.05, 4.69) is 33.3 Å². The number of nitrogens with zero attached hydrogens (tertiary/aromatic N) is 5. The van der Waals surface area contributed by atoms with Gasteiger partial charge >= 0.3 is 6.43 Å². The van der Waals surface area contributed by atoms with Crippen LogP contribution in [0.3, 0.4) is 0 Å². The van der Waals surface area contributed by atoms with E-state index in [0.717, 1.165) is 15.6 Å². The van der Waals surface area contributed by atoms with Crippen molar-refractivity contribution in [2.45, 2.75) is 13.0 Å². The lowest BCUT2D eigenvalue weighted by atomic mass is 10.4. The normalized spacial score (nSPS) is 13.3. The summed E-state index contributed by atoms with van der Waals surface area (Å²) in [4.78, 5) is 8.33. The Morgan fingerprint density at radius 1 is 1.50 bits per heavy atom. The Bertz CT molecular complexity index is 862. The summed E-state index contributed by atoms with van der Waals surface area (Å²) in [7, 11) is 0. The van der Waals surface area contributed by atoms with Gasteiger partial charge in [-0.2, -0.15) is 8.78 Å². The molecule has 12 heteroatoms. The minimum Gasteiger partial charge on any atom is -0.414 e. The zero-order chi connectivity index (χ0) is 19.1. The fourth-order valence-electron chi connectivity index (χ4n) is 1.66. The van der Waals surface area contributed by atoms with Gasteiger partial charge in [0.1, 0.15) is 9.88 Å². The minimum absolute atomic E-state index is 0.0505. The number of thiazole rings is 1. The number of hydrogen-bond acceptors (Lipinski definition) is 7. The Labute approximate surface area is 153 Å². The van der Waals surface area contributed by atoms with Crippen molar-refractivity contribution in [2.24, 2.45) is 4.99 Å². The van der Waals surface area contributed by atoms with Gasteiger partial charge in [0.2, 0.25) is 0 Å². The van der Waals surface area contributed by atoms with Gasteiger partial charge in [-0.25, -0.2) is 9.19 Å². The summed E-state index contributed by atoms with van der Waals surface area (Å²) in [5.41, 5.74) is 0.276. The van der Waals surface area contributed by atoms with E-state index in [0.29, 0.717) is 9.88 Å². The Kier molecular flexibility index (Phi) is 7.00. The summed E-state index contributed by atoms with van der Waals surface area (Å²) in [5.74, 6) is -0.888. The van der Waals surface area contributed by atoms with Crippen molar-refractivity contribution in [2.75, 3.05) is 0 Å². The third kappa shape index (κ3) is 4.97. The summed E-state index contributed by atoms with van der Waals surface area (Å²) in [6.07, 6.45) is 4.03. The highest BCUT2D eigenvalue weighted by Crippen LogP contribution is 2.28. The maximum Gasteiger partial charge on any atom is 0.314 e. The van der Waals surface area contributed by atoms with E-state index in [4.69, 9.17) is 4.42 Å². The molecule has 0 fully saturated rings. The monoisotopic (exact) mass is 401 g/mol. The molecule has 0 aromatic carbocycles. The molecule has 2 heterocycles. The van der Waals surface area contributed by atoms with Crippen molar-refractivity contribution < 1.29 is 22.0 Å². The van der Waals surface area contributed by atoms with Crippen LogP contribution in [0.4, 0.5) is 8.78 Å². The van der Waals surface area contributed by atoms with Gasteiger partial charge in [-0.05, 0) is 6.08 Å². The first-order chi connectivity index (χ1) is 12.5. The number of alkyl halides is 2. The second kappa shape index (κ2) is 9.22. The molecule has 138 valence electrons. The molecule has 1 unspecified atom stereocenters. The molecule has 0 saturated carbocycles. The second-order valence-corrected chi connectivity index (χ2v) is 6.44. The molecule has 1 atom stereocenters. The Morgan fingerprint density at radius 3 is 2.85 bits per heavy atom. The van der Waals surface area contributed by atoms with E-state index in [-0.39, 0.29) is 18.1 Å². The average Bonchev–Trinajstić information content (AvgIpc) is 3.26. The molecule has 0 saturated heterocycles. The number of halogens is 2. The van der Waals surface area contributed by atoms with E-state index in [1.807, 2.05) is 0 Å². The average molecular weight is 401 g/mol. The first kappa shape index (κ1) is 19.8. The number of rotatable bonds is 9. The largest absolute Gasteiger partial charge is 0.414 e. The Balaban J connectivity index is 2.21. The van der Waals surface area contributed by atoms with Crippen molar-refractivity contribution in [3.05, 3.63) is 54.3 Å². The van der Waals surface area contributed by atoms with Crippen molar-refractivity contribution in [3.63, 3.8) is 0 Å². The van der Waals surface area contributed by atoms with Gasteiger partial charge in [0.05, 0.1) is 24.6 Å². The van der Waals surface area contributed by atoms with Crippen LogP contribution in [0.15, 0.2) is 52.8 Å². The number of allylic oxidation sites excluding steroid dienone is 2. The van der Waals surface area contributed by atoms with E-state index < -0.39 is 23.6 Å². The second-order valence-electron chi connectivity index (χ2n) is 4.42. The lowest BCUT2D eigenvalue weighted by Gasteiger charge is -2.18. The van der Waals surface area contributed by atoms with Gasteiger partial charge in [0, 0.05) is 6.21 Å². The highest BCUT2D eigenvalue weighted by atomic mass is 32.2. The molecule has 2 aromatic heterocycles. The lowest BCUT2D eigenvalue weighted by molar-refractivity contribution is 0.116. The predicted molar refractivity (Wildman–Crippen MR) is 93.6 cm³/mol. The molecule has 0 aliphatic carbocycles. The number of aromatic nitrogens is 3. The molecule has 0 amide bonds. The van der Waals surface area contributed by atoms with Crippen molar-refractivity contribution in [1.82, 2.24) is 19.5 Å². The summed E-state index contributed by atoms with van der Waals surface area (Å²) in [5, 5.41) is 7.19. The molecule has 26 heavy (non-hydrogen) atoms. The maximum atomic E-state index is 12.5. The Morgan fingerprint density at radius 2 is 2.27 bits per heavy atom. The Hall–Kier alpha value is -2.57. The SMILES string of the molecule is C=CC=N/C=C(\C=C)N(Cc1ncc(-c2nnc(C(F)F)o2)s1)S(=O)O. The van der Waals surface area contributed by atoms with Crippen LogP contribution in [0.1, 0.15) is 17.3 Å². The summed E-state index contributed by atoms with van der Waals surface area (Å²) in [6.45, 7) is 7.00. The van der Waals surface area contributed by atoms with E-state index in [1.54, 1.807) is 0 Å². The first-order valence-electron chi connectivity index (χ1n) is 6.88. The summed E-state index contributed by atoms with van der Waals surface area (Å²) in [6, 6.07) is 0. The molecule has 0 aliphatic heterocycles. The van der Waals surface area contributed by atoms with Crippen molar-refractivity contribution in [3.8, 4) is 10.8 Å². The number of aliphatic imine (C=N–C) groups is 1. The van der Waals surface area contributed by atoms with E-state index in [1.165, 1.54) is 30.8 Å². The molecule has 0 radical (unpaired) electrons. The predicted octanol–water partition coefficient (Wildman–Crippen LogP) is 3.35. The topological polar surface area (TPSA) is 105 Å². The highest BCUT2D eigenvalue weighted by molar-refractivity contribution is 7.76. The first-order valence-corrected chi connectivity index (χ1v) is 8.76. The third-order valence-electron chi connectivity index (χ3n) is 2.75. The van der Waals surface area contributed by atoms with Crippen LogP contribution in [-0.4, -0.2) is 34.5 Å². The van der Waals surface area contributed by atoms with Crippen LogP contribution in [0.2, 0.25) is 0 Å². The van der Waals surface area contributed by atoms with Crippen LogP contribution in [0.5, 0.6) is 0 Å². The molecular formula is C14H13F2N5O3S2. The van der Waals surface area contributed by atoms with Crippen LogP contribution in [-0.2, 0) is 17.8 Å². The van der Waals surface area contributed by atoms with Crippen LogP contribution < -0.4 is 0 Å². The standard InChI is InChI=1S/C14H13F2N5O3S2/c1-3-5-17-6-9(4-2)21(26(22)23)8-11-18-7-10(25-11)13-19-20-14(24-13)12(15)16/h3-7,12H,1-2,8H2,(H,22,23)/b9-6+,17-5?. The smallest absolute Gasteiger partial charge is 0.314 e. The molecule has 2 aromatic rings. The highest BCUT2D eigenvalue weighted by Gasteiger charge is 2.20. The van der Waals surface area contributed by atoms with Gasteiger partial charge in [0.25, 0.3) is 23.0 Å².